The summed E-state index contributed by atoms with van der Waals surface area (Å²) in [7, 11) is 1.70. The molecule has 1 fully saturated rings. The molecule has 0 spiro atoms. The van der Waals surface area contributed by atoms with Gasteiger partial charge in [0.1, 0.15) is 0 Å². The molecule has 1 N–H and O–H groups in total. The minimum Gasteiger partial charge on any atom is -0.380 e. The van der Waals surface area contributed by atoms with E-state index in [2.05, 4.69) is 29.6 Å². The highest BCUT2D eigenvalue weighted by molar-refractivity contribution is 5.80. The van der Waals surface area contributed by atoms with Gasteiger partial charge in [0.05, 0.1) is 12.6 Å². The lowest BCUT2D eigenvalue weighted by atomic mass is 9.85. The number of benzene rings is 2. The Labute approximate surface area is 124 Å². The normalized spacial score (nSPS) is 21.3. The van der Waals surface area contributed by atoms with E-state index in [0.29, 0.717) is 13.0 Å². The average molecular weight is 281 g/mol. The van der Waals surface area contributed by atoms with Gasteiger partial charge in [0.2, 0.25) is 5.91 Å². The predicted octanol–water partition coefficient (Wildman–Crippen LogP) is 3.18. The highest BCUT2D eigenvalue weighted by Gasteiger charge is 2.35. The van der Waals surface area contributed by atoms with Crippen LogP contribution in [0, 0.1) is 0 Å². The van der Waals surface area contributed by atoms with Crippen LogP contribution in [-0.4, -0.2) is 13.0 Å². The minimum atomic E-state index is 0.0386. The van der Waals surface area contributed by atoms with Gasteiger partial charge < -0.3 is 10.1 Å². The van der Waals surface area contributed by atoms with Crippen LogP contribution in [0.25, 0.3) is 0 Å². The highest BCUT2D eigenvalue weighted by atomic mass is 16.5. The Bertz CT molecular complexity index is 624. The van der Waals surface area contributed by atoms with Crippen LogP contribution < -0.4 is 5.32 Å². The summed E-state index contributed by atoms with van der Waals surface area (Å²) in [4.78, 5) is 11.9. The molecule has 0 radical (unpaired) electrons. The topological polar surface area (TPSA) is 38.3 Å². The molecule has 2 atom stereocenters. The van der Waals surface area contributed by atoms with Gasteiger partial charge in [0.25, 0.3) is 0 Å². The van der Waals surface area contributed by atoms with E-state index in [1.54, 1.807) is 7.11 Å². The van der Waals surface area contributed by atoms with Gasteiger partial charge in [-0.3, -0.25) is 4.79 Å². The monoisotopic (exact) mass is 281 g/mol. The third kappa shape index (κ3) is 2.83. The molecule has 0 aliphatic carbocycles. The van der Waals surface area contributed by atoms with E-state index >= 15 is 0 Å². The van der Waals surface area contributed by atoms with Gasteiger partial charge in [-0.25, -0.2) is 0 Å². The number of hydrogen-bond acceptors (Lipinski definition) is 2. The number of methoxy groups -OCH3 is 1. The van der Waals surface area contributed by atoms with Crippen molar-refractivity contribution in [2.45, 2.75) is 25.0 Å². The molecule has 2 unspecified atom stereocenters. The number of amides is 1. The molecule has 1 heterocycles. The minimum absolute atomic E-state index is 0.0386. The zero-order valence-corrected chi connectivity index (χ0v) is 12.1. The largest absolute Gasteiger partial charge is 0.380 e. The summed E-state index contributed by atoms with van der Waals surface area (Å²) in [6.45, 7) is 0.572. The van der Waals surface area contributed by atoms with Gasteiger partial charge in [-0.15, -0.1) is 0 Å². The van der Waals surface area contributed by atoms with E-state index in [0.717, 1.165) is 11.1 Å². The molecule has 3 heteroatoms. The molecule has 2 aromatic carbocycles. The van der Waals surface area contributed by atoms with Crippen LogP contribution >= 0.6 is 0 Å². The van der Waals surface area contributed by atoms with Crippen molar-refractivity contribution in [1.82, 2.24) is 5.32 Å². The summed E-state index contributed by atoms with van der Waals surface area (Å²) >= 11 is 0. The van der Waals surface area contributed by atoms with Crippen molar-refractivity contribution in [2.24, 2.45) is 0 Å². The molecular weight excluding hydrogens is 262 g/mol. The predicted molar refractivity (Wildman–Crippen MR) is 81.8 cm³/mol. The first-order valence-corrected chi connectivity index (χ1v) is 7.20. The fraction of sp³-hybridized carbons (Fsp3) is 0.278. The third-order valence-electron chi connectivity index (χ3n) is 4.04. The third-order valence-corrected chi connectivity index (χ3v) is 4.04. The maximum absolute atomic E-state index is 11.9. The van der Waals surface area contributed by atoms with Gasteiger partial charge in [-0.05, 0) is 16.7 Å². The van der Waals surface area contributed by atoms with Crippen LogP contribution in [0.1, 0.15) is 35.1 Å². The van der Waals surface area contributed by atoms with Gasteiger partial charge >= 0.3 is 0 Å². The van der Waals surface area contributed by atoms with Crippen molar-refractivity contribution in [3.8, 4) is 0 Å². The Hall–Kier alpha value is -2.13. The fourth-order valence-electron chi connectivity index (χ4n) is 3.10. The van der Waals surface area contributed by atoms with E-state index in [4.69, 9.17) is 4.74 Å². The average Bonchev–Trinajstić information content (AvgIpc) is 2.91. The molecule has 21 heavy (non-hydrogen) atoms. The first-order chi connectivity index (χ1) is 10.3. The Morgan fingerprint density at radius 3 is 2.57 bits per heavy atom. The Balaban J connectivity index is 1.98. The Kier molecular flexibility index (Phi) is 4.02. The van der Waals surface area contributed by atoms with E-state index in [1.807, 2.05) is 30.3 Å². The SMILES string of the molecule is COCc1ccccc1C1CC(=O)NC1c1ccccc1. The molecule has 1 amide bonds. The van der Waals surface area contributed by atoms with Crippen LogP contribution in [0.15, 0.2) is 54.6 Å². The fourth-order valence-corrected chi connectivity index (χ4v) is 3.10. The first-order valence-electron chi connectivity index (χ1n) is 7.20. The van der Waals surface area contributed by atoms with E-state index < -0.39 is 0 Å². The van der Waals surface area contributed by atoms with Crippen molar-refractivity contribution >= 4 is 5.91 Å². The summed E-state index contributed by atoms with van der Waals surface area (Å²) in [5.74, 6) is 0.271. The van der Waals surface area contributed by atoms with E-state index in [1.165, 1.54) is 5.56 Å². The molecular formula is C18H19NO2. The summed E-state index contributed by atoms with van der Waals surface area (Å²) in [5, 5.41) is 3.11. The Morgan fingerprint density at radius 1 is 1.10 bits per heavy atom. The van der Waals surface area contributed by atoms with Gasteiger partial charge in [-0.1, -0.05) is 54.6 Å². The number of ether oxygens (including phenoxy) is 1. The maximum atomic E-state index is 11.9. The van der Waals surface area contributed by atoms with Crippen molar-refractivity contribution in [3.63, 3.8) is 0 Å². The van der Waals surface area contributed by atoms with Gasteiger partial charge in [0, 0.05) is 19.4 Å². The van der Waals surface area contributed by atoms with E-state index in [9.17, 15) is 4.79 Å². The van der Waals surface area contributed by atoms with Gasteiger partial charge in [-0.2, -0.15) is 0 Å². The summed E-state index contributed by atoms with van der Waals surface area (Å²) in [6.07, 6.45) is 0.528. The molecule has 0 bridgehead atoms. The number of nitrogens with one attached hydrogen (secondary N) is 1. The smallest absolute Gasteiger partial charge is 0.221 e. The molecule has 3 rings (SSSR count). The van der Waals surface area contributed by atoms with Crippen molar-refractivity contribution in [1.29, 1.82) is 0 Å². The quantitative estimate of drug-likeness (QED) is 0.934. The standard InChI is InChI=1S/C18H19NO2/c1-21-12-14-9-5-6-10-15(14)16-11-17(20)19-18(16)13-7-3-2-4-8-13/h2-10,16,18H,11-12H2,1H3,(H,19,20). The lowest BCUT2D eigenvalue weighted by Crippen LogP contribution is -2.20. The molecule has 0 saturated carbocycles. The van der Waals surface area contributed by atoms with Crippen molar-refractivity contribution in [2.75, 3.05) is 7.11 Å². The van der Waals surface area contributed by atoms with E-state index in [-0.39, 0.29) is 17.9 Å². The molecule has 1 saturated heterocycles. The summed E-state index contributed by atoms with van der Waals surface area (Å²) in [5.41, 5.74) is 3.51. The molecule has 108 valence electrons. The number of carbonyl (C=O) groups excluding carboxylic acids is 1. The zero-order valence-electron chi connectivity index (χ0n) is 12.1. The number of carbonyl (C=O) groups is 1. The number of hydrogen-bond donors (Lipinski definition) is 1. The van der Waals surface area contributed by atoms with Gasteiger partial charge in [0.15, 0.2) is 0 Å². The summed E-state index contributed by atoms with van der Waals surface area (Å²) < 4.78 is 5.29. The summed E-state index contributed by atoms with van der Waals surface area (Å²) in [6, 6.07) is 18.4. The van der Waals surface area contributed by atoms with Crippen molar-refractivity contribution in [3.05, 3.63) is 71.3 Å². The Morgan fingerprint density at radius 2 is 1.81 bits per heavy atom. The van der Waals surface area contributed by atoms with Crippen LogP contribution in [0.5, 0.6) is 0 Å². The molecule has 2 aromatic rings. The van der Waals surface area contributed by atoms with Crippen LogP contribution in [-0.2, 0) is 16.1 Å². The maximum Gasteiger partial charge on any atom is 0.221 e. The molecule has 3 nitrogen and oxygen atoms in total. The second-order valence-electron chi connectivity index (χ2n) is 5.40. The molecule has 1 aliphatic rings. The zero-order chi connectivity index (χ0) is 14.7. The molecule has 1 aliphatic heterocycles. The second kappa shape index (κ2) is 6.10. The van der Waals surface area contributed by atoms with Crippen LogP contribution in [0.4, 0.5) is 0 Å². The second-order valence-corrected chi connectivity index (χ2v) is 5.40. The molecule has 0 aromatic heterocycles. The van der Waals surface area contributed by atoms with Crippen LogP contribution in [0.2, 0.25) is 0 Å². The van der Waals surface area contributed by atoms with Crippen LogP contribution in [0.3, 0.4) is 0 Å². The lowest BCUT2D eigenvalue weighted by Gasteiger charge is -2.22. The highest BCUT2D eigenvalue weighted by Crippen LogP contribution is 2.39. The number of rotatable bonds is 4. The lowest BCUT2D eigenvalue weighted by molar-refractivity contribution is -0.119. The first kappa shape index (κ1) is 13.8. The van der Waals surface area contributed by atoms with Crippen molar-refractivity contribution < 1.29 is 9.53 Å².